The van der Waals surface area contributed by atoms with Gasteiger partial charge in [-0.2, -0.15) is 0 Å². The van der Waals surface area contributed by atoms with Crippen molar-refractivity contribution in [3.05, 3.63) is 30.5 Å². The van der Waals surface area contributed by atoms with Crippen molar-refractivity contribution in [1.29, 1.82) is 0 Å². The summed E-state index contributed by atoms with van der Waals surface area (Å²) >= 11 is 0. The molecule has 0 atom stereocenters. The Balaban J connectivity index is 1.95. The number of carbonyl (C=O) groups is 1. The van der Waals surface area contributed by atoms with Gasteiger partial charge in [-0.25, -0.2) is 0 Å². The second-order valence-corrected chi connectivity index (χ2v) is 6.81. The van der Waals surface area contributed by atoms with Crippen LogP contribution in [0.5, 0.6) is 5.75 Å². The molecule has 2 aromatic rings. The molecule has 5 nitrogen and oxygen atoms in total. The van der Waals surface area contributed by atoms with E-state index in [1.807, 2.05) is 39.8 Å². The van der Waals surface area contributed by atoms with E-state index in [4.69, 9.17) is 14.0 Å². The smallest absolute Gasteiger partial charge is 0.427 e. The van der Waals surface area contributed by atoms with Gasteiger partial charge in [0, 0.05) is 24.0 Å². The zero-order valence-corrected chi connectivity index (χ0v) is 14.0. The van der Waals surface area contributed by atoms with Crippen LogP contribution in [-0.2, 0) is 14.1 Å². The van der Waals surface area contributed by atoms with Crippen LogP contribution >= 0.6 is 0 Å². The van der Waals surface area contributed by atoms with Crippen molar-refractivity contribution >= 4 is 29.5 Å². The molecule has 0 bridgehead atoms. The molecule has 1 saturated heterocycles. The van der Waals surface area contributed by atoms with E-state index in [0.717, 1.165) is 16.4 Å². The summed E-state index contributed by atoms with van der Waals surface area (Å²) in [6.07, 6.45) is 1.76. The van der Waals surface area contributed by atoms with Crippen molar-refractivity contribution in [2.75, 3.05) is 0 Å². The number of carbonyl (C=O) groups excluding carboxylic acids is 1. The van der Waals surface area contributed by atoms with E-state index in [9.17, 15) is 4.79 Å². The van der Waals surface area contributed by atoms with Gasteiger partial charge in [0.05, 0.1) is 16.7 Å². The first kappa shape index (κ1) is 16.0. The maximum absolute atomic E-state index is 11.1. The minimum Gasteiger partial charge on any atom is -0.427 e. The summed E-state index contributed by atoms with van der Waals surface area (Å²) in [5.41, 5.74) is 0.871. The van der Waals surface area contributed by atoms with Crippen LogP contribution < -0.4 is 10.2 Å². The van der Waals surface area contributed by atoms with Gasteiger partial charge in [-0.3, -0.25) is 9.78 Å². The molecule has 0 radical (unpaired) electrons. The van der Waals surface area contributed by atoms with Crippen molar-refractivity contribution < 1.29 is 18.8 Å². The fourth-order valence-electron chi connectivity index (χ4n) is 2.46. The zero-order chi connectivity index (χ0) is 16.8. The lowest BCUT2D eigenvalue weighted by atomic mass is 9.80. The number of nitrogens with zero attached hydrogens (tertiary/aromatic N) is 1. The van der Waals surface area contributed by atoms with Gasteiger partial charge in [-0.05, 0) is 45.9 Å². The Kier molecular flexibility index (Phi) is 3.69. The highest BCUT2D eigenvalue weighted by molar-refractivity contribution is 6.62. The number of fused-ring (bicyclic) bond motifs is 1. The standard InChI is InChI=1S/C17H20BNO4/c1-11(20)21-14-6-7-15-12(9-14)8-13(10-19-15)18-22-16(2,3)17(4,5)23-18/h6-10H,1-5H3. The number of rotatable bonds is 2. The van der Waals surface area contributed by atoms with Gasteiger partial charge in [0.15, 0.2) is 0 Å². The topological polar surface area (TPSA) is 57.7 Å². The number of hydrogen-bond donors (Lipinski definition) is 0. The predicted octanol–water partition coefficient (Wildman–Crippen LogP) is 2.46. The third-order valence-corrected chi connectivity index (χ3v) is 4.46. The van der Waals surface area contributed by atoms with Crippen molar-refractivity contribution in [3.8, 4) is 5.75 Å². The van der Waals surface area contributed by atoms with E-state index < -0.39 is 18.3 Å². The summed E-state index contributed by atoms with van der Waals surface area (Å²) < 4.78 is 17.2. The van der Waals surface area contributed by atoms with Gasteiger partial charge in [0.1, 0.15) is 5.75 Å². The molecule has 1 fully saturated rings. The quantitative estimate of drug-likeness (QED) is 0.484. The molecule has 0 aliphatic carbocycles. The van der Waals surface area contributed by atoms with E-state index in [0.29, 0.717) is 5.75 Å². The second-order valence-electron chi connectivity index (χ2n) is 6.81. The molecule has 0 amide bonds. The molecular weight excluding hydrogens is 293 g/mol. The summed E-state index contributed by atoms with van der Waals surface area (Å²) in [5, 5.41) is 0.871. The summed E-state index contributed by atoms with van der Waals surface area (Å²) in [6.45, 7) is 9.43. The minimum atomic E-state index is -0.464. The van der Waals surface area contributed by atoms with Crippen LogP contribution in [0.3, 0.4) is 0 Å². The number of esters is 1. The lowest BCUT2D eigenvalue weighted by Crippen LogP contribution is -2.41. The van der Waals surface area contributed by atoms with Crippen LogP contribution in [0, 0.1) is 0 Å². The largest absolute Gasteiger partial charge is 0.496 e. The van der Waals surface area contributed by atoms with Crippen LogP contribution in [0.15, 0.2) is 30.5 Å². The molecule has 0 N–H and O–H groups in total. The van der Waals surface area contributed by atoms with Crippen LogP contribution in [0.25, 0.3) is 10.9 Å². The van der Waals surface area contributed by atoms with Gasteiger partial charge >= 0.3 is 13.1 Å². The molecule has 6 heteroatoms. The zero-order valence-electron chi connectivity index (χ0n) is 14.0. The SMILES string of the molecule is CC(=O)Oc1ccc2ncc(B3OC(C)(C)C(C)(C)O3)cc2c1. The molecule has 0 unspecified atom stereocenters. The Morgan fingerprint density at radius 3 is 2.39 bits per heavy atom. The molecule has 1 aromatic heterocycles. The number of ether oxygens (including phenoxy) is 1. The summed E-state index contributed by atoms with van der Waals surface area (Å²) in [7, 11) is -0.464. The lowest BCUT2D eigenvalue weighted by molar-refractivity contribution is -0.131. The molecule has 1 aromatic carbocycles. The molecule has 120 valence electrons. The monoisotopic (exact) mass is 313 g/mol. The molecule has 1 aliphatic rings. The Morgan fingerprint density at radius 1 is 1.13 bits per heavy atom. The molecule has 1 aliphatic heterocycles. The molecule has 3 rings (SSSR count). The van der Waals surface area contributed by atoms with E-state index in [1.54, 1.807) is 18.3 Å². The van der Waals surface area contributed by atoms with E-state index in [2.05, 4.69) is 4.98 Å². The average molecular weight is 313 g/mol. The highest BCUT2D eigenvalue weighted by Gasteiger charge is 2.51. The molecule has 0 saturated carbocycles. The molecule has 2 heterocycles. The highest BCUT2D eigenvalue weighted by atomic mass is 16.7. The van der Waals surface area contributed by atoms with E-state index >= 15 is 0 Å². The number of aromatic nitrogens is 1. The molecule has 0 spiro atoms. The van der Waals surface area contributed by atoms with Crippen molar-refractivity contribution in [3.63, 3.8) is 0 Å². The number of benzene rings is 1. The highest BCUT2D eigenvalue weighted by Crippen LogP contribution is 2.36. The molecule has 23 heavy (non-hydrogen) atoms. The van der Waals surface area contributed by atoms with Crippen molar-refractivity contribution in [2.24, 2.45) is 0 Å². The normalized spacial score (nSPS) is 19.1. The predicted molar refractivity (Wildman–Crippen MR) is 88.8 cm³/mol. The summed E-state index contributed by atoms with van der Waals surface area (Å²) in [4.78, 5) is 15.5. The van der Waals surface area contributed by atoms with Gasteiger partial charge in [0.2, 0.25) is 0 Å². The van der Waals surface area contributed by atoms with Crippen LogP contribution in [-0.4, -0.2) is 29.3 Å². The van der Waals surface area contributed by atoms with Gasteiger partial charge in [0.25, 0.3) is 0 Å². The van der Waals surface area contributed by atoms with Crippen LogP contribution in [0.2, 0.25) is 0 Å². The summed E-state index contributed by atoms with van der Waals surface area (Å²) in [6, 6.07) is 7.29. The van der Waals surface area contributed by atoms with Crippen molar-refractivity contribution in [2.45, 2.75) is 45.8 Å². The Hall–Kier alpha value is -1.92. The lowest BCUT2D eigenvalue weighted by Gasteiger charge is -2.32. The Bertz CT molecular complexity index is 756. The first-order valence-corrected chi connectivity index (χ1v) is 7.62. The summed E-state index contributed by atoms with van der Waals surface area (Å²) in [5.74, 6) is 0.150. The minimum absolute atomic E-state index is 0.348. The first-order valence-electron chi connectivity index (χ1n) is 7.62. The van der Waals surface area contributed by atoms with E-state index in [1.165, 1.54) is 6.92 Å². The second kappa shape index (κ2) is 5.32. The maximum atomic E-state index is 11.1. The fourth-order valence-corrected chi connectivity index (χ4v) is 2.46. The van der Waals surface area contributed by atoms with Gasteiger partial charge < -0.3 is 14.0 Å². The van der Waals surface area contributed by atoms with Crippen LogP contribution in [0.4, 0.5) is 0 Å². The van der Waals surface area contributed by atoms with Gasteiger partial charge in [-0.15, -0.1) is 0 Å². The Labute approximate surface area is 136 Å². The number of pyridine rings is 1. The first-order chi connectivity index (χ1) is 10.7. The fraction of sp³-hybridized carbons (Fsp3) is 0.412. The van der Waals surface area contributed by atoms with Gasteiger partial charge in [-0.1, -0.05) is 6.07 Å². The third-order valence-electron chi connectivity index (χ3n) is 4.46. The van der Waals surface area contributed by atoms with Crippen molar-refractivity contribution in [1.82, 2.24) is 4.98 Å². The molecular formula is C17H20BNO4. The number of hydrogen-bond acceptors (Lipinski definition) is 5. The third kappa shape index (κ3) is 2.96. The Morgan fingerprint density at radius 2 is 1.78 bits per heavy atom. The maximum Gasteiger partial charge on any atom is 0.496 e. The average Bonchev–Trinajstić information content (AvgIpc) is 2.66. The van der Waals surface area contributed by atoms with E-state index in [-0.39, 0.29) is 5.97 Å². The van der Waals surface area contributed by atoms with Crippen LogP contribution in [0.1, 0.15) is 34.6 Å².